The fourth-order valence-corrected chi connectivity index (χ4v) is 2.65. The van der Waals surface area contributed by atoms with Crippen LogP contribution in [0, 0.1) is 0 Å². The number of aromatic amines is 1. The highest BCUT2D eigenvalue weighted by Gasteiger charge is 2.45. The first-order valence-electron chi connectivity index (χ1n) is 6.37. The highest BCUT2D eigenvalue weighted by Crippen LogP contribution is 2.48. The third kappa shape index (κ3) is 3.75. The van der Waals surface area contributed by atoms with Crippen LogP contribution < -0.4 is 11.2 Å². The number of phosphoric acid groups is 1. The topological polar surface area (TPSA) is 162 Å². The Bertz CT molecular complexity index is 695. The molecule has 0 bridgehead atoms. The molecular formula is C10H16N3O9P. The molecule has 3 N–H and O–H groups in total. The van der Waals surface area contributed by atoms with Crippen LogP contribution in [0.4, 0.5) is 0 Å². The maximum atomic E-state index is 11.8. The highest BCUT2D eigenvalue weighted by molar-refractivity contribution is 7.48. The van der Waals surface area contributed by atoms with Gasteiger partial charge in [0.2, 0.25) is 0 Å². The smallest absolute Gasteiger partial charge is 0.387 e. The first-order valence-corrected chi connectivity index (χ1v) is 7.83. The lowest BCUT2D eigenvalue weighted by Crippen LogP contribution is -2.39. The fourth-order valence-electron chi connectivity index (χ4n) is 1.96. The molecule has 1 aliphatic heterocycles. The Labute approximate surface area is 129 Å². The fraction of sp³-hybridized carbons (Fsp3) is 0.700. The molecule has 13 heteroatoms. The van der Waals surface area contributed by atoms with E-state index in [-0.39, 0.29) is 0 Å². The first kappa shape index (κ1) is 17.9. The van der Waals surface area contributed by atoms with Crippen molar-refractivity contribution in [3.8, 4) is 0 Å². The third-order valence-corrected chi connectivity index (χ3v) is 4.52. The van der Waals surface area contributed by atoms with Crippen LogP contribution in [0.15, 0.2) is 15.8 Å². The summed E-state index contributed by atoms with van der Waals surface area (Å²) in [5.74, 6) is 0. The summed E-state index contributed by atoms with van der Waals surface area (Å²) in [7, 11) is -1.57. The van der Waals surface area contributed by atoms with Crippen LogP contribution in [0.25, 0.3) is 0 Å². The average molecular weight is 353 g/mol. The summed E-state index contributed by atoms with van der Waals surface area (Å²) in [6.07, 6.45) is -4.65. The van der Waals surface area contributed by atoms with Gasteiger partial charge < -0.3 is 14.9 Å². The predicted octanol–water partition coefficient (Wildman–Crippen LogP) is -2.03. The molecule has 130 valence electrons. The molecule has 0 saturated carbocycles. The number of nitrogens with zero attached hydrogens (tertiary/aromatic N) is 2. The molecule has 12 nitrogen and oxygen atoms in total. The lowest BCUT2D eigenvalue weighted by Gasteiger charge is -2.18. The van der Waals surface area contributed by atoms with Gasteiger partial charge in [0, 0.05) is 14.2 Å². The Morgan fingerprint density at radius 3 is 2.57 bits per heavy atom. The molecule has 0 aliphatic carbocycles. The van der Waals surface area contributed by atoms with Gasteiger partial charge in [0.15, 0.2) is 6.23 Å². The van der Waals surface area contributed by atoms with Gasteiger partial charge >= 0.3 is 13.5 Å². The Morgan fingerprint density at radius 1 is 1.35 bits per heavy atom. The van der Waals surface area contributed by atoms with Crippen LogP contribution in [0.3, 0.4) is 0 Å². The monoisotopic (exact) mass is 353 g/mol. The van der Waals surface area contributed by atoms with Crippen LogP contribution >= 0.6 is 7.82 Å². The van der Waals surface area contributed by atoms with Gasteiger partial charge in [-0.25, -0.2) is 9.36 Å². The largest absolute Gasteiger partial charge is 0.474 e. The first-order chi connectivity index (χ1) is 10.8. The molecule has 0 spiro atoms. The summed E-state index contributed by atoms with van der Waals surface area (Å²) < 4.78 is 31.8. The van der Waals surface area contributed by atoms with E-state index in [0.717, 1.165) is 20.4 Å². The van der Waals surface area contributed by atoms with Crippen molar-refractivity contribution < 1.29 is 33.1 Å². The number of hydrogen-bond acceptors (Lipinski definition) is 10. The average Bonchev–Trinajstić information content (AvgIpc) is 2.81. The van der Waals surface area contributed by atoms with Crippen LogP contribution in [-0.2, 0) is 22.9 Å². The normalized spacial score (nSPS) is 28.2. The van der Waals surface area contributed by atoms with Gasteiger partial charge in [-0.1, -0.05) is 0 Å². The van der Waals surface area contributed by atoms with Gasteiger partial charge in [-0.15, -0.1) is 0 Å². The zero-order chi connectivity index (χ0) is 17.2. The molecule has 0 aromatic carbocycles. The molecule has 23 heavy (non-hydrogen) atoms. The molecular weight excluding hydrogens is 337 g/mol. The second kappa shape index (κ2) is 7.01. The Morgan fingerprint density at radius 2 is 2.00 bits per heavy atom. The second-order valence-electron chi connectivity index (χ2n) is 4.54. The van der Waals surface area contributed by atoms with Gasteiger partial charge in [-0.2, -0.15) is 9.78 Å². The van der Waals surface area contributed by atoms with Crippen LogP contribution in [0.1, 0.15) is 6.23 Å². The molecule has 1 saturated heterocycles. The number of aliphatic hydroxyl groups excluding tert-OH is 2. The van der Waals surface area contributed by atoms with Gasteiger partial charge in [-0.05, 0) is 0 Å². The number of ether oxygens (including phenoxy) is 1. The van der Waals surface area contributed by atoms with E-state index in [2.05, 4.69) is 14.1 Å². The predicted molar refractivity (Wildman–Crippen MR) is 72.6 cm³/mol. The minimum Gasteiger partial charge on any atom is -0.387 e. The number of H-pyrrole nitrogens is 1. The van der Waals surface area contributed by atoms with Gasteiger partial charge in [-0.3, -0.25) is 23.3 Å². The molecule has 1 aromatic rings. The van der Waals surface area contributed by atoms with Crippen molar-refractivity contribution in [3.63, 3.8) is 0 Å². The molecule has 2 rings (SSSR count). The van der Waals surface area contributed by atoms with Crippen molar-refractivity contribution in [2.24, 2.45) is 0 Å². The van der Waals surface area contributed by atoms with Crippen LogP contribution in [0.5, 0.6) is 0 Å². The number of aliphatic hydroxyl groups is 2. The van der Waals surface area contributed by atoms with Crippen LogP contribution in [0.2, 0.25) is 0 Å². The minimum absolute atomic E-state index is 0.439. The minimum atomic E-state index is -3.79. The van der Waals surface area contributed by atoms with E-state index in [0.29, 0.717) is 4.68 Å². The summed E-state index contributed by atoms with van der Waals surface area (Å²) in [4.78, 5) is 24.6. The highest BCUT2D eigenvalue weighted by atomic mass is 31.2. The SMILES string of the molecule is COP(=O)(OC)OCC1OC(n2ncc(=O)[nH]c2=O)C(O)C1O. The van der Waals surface area contributed by atoms with Crippen molar-refractivity contribution in [3.05, 3.63) is 27.0 Å². The van der Waals surface area contributed by atoms with E-state index in [9.17, 15) is 24.4 Å². The molecule has 1 fully saturated rings. The quantitative estimate of drug-likeness (QED) is 0.486. The van der Waals surface area contributed by atoms with E-state index < -0.39 is 50.2 Å². The number of aromatic nitrogens is 3. The van der Waals surface area contributed by atoms with E-state index in [4.69, 9.17) is 9.26 Å². The van der Waals surface area contributed by atoms with E-state index in [1.54, 1.807) is 0 Å². The summed E-state index contributed by atoms with van der Waals surface area (Å²) in [6, 6.07) is 0. The summed E-state index contributed by atoms with van der Waals surface area (Å²) in [5.41, 5.74) is -1.64. The summed E-state index contributed by atoms with van der Waals surface area (Å²) in [5, 5.41) is 23.4. The lowest BCUT2D eigenvalue weighted by molar-refractivity contribution is -0.0619. The van der Waals surface area contributed by atoms with Crippen molar-refractivity contribution in [1.29, 1.82) is 0 Å². The van der Waals surface area contributed by atoms with Crippen molar-refractivity contribution >= 4 is 7.82 Å². The Balaban J connectivity index is 2.13. The van der Waals surface area contributed by atoms with Gasteiger partial charge in [0.1, 0.15) is 24.5 Å². The maximum Gasteiger partial charge on any atom is 0.474 e. The third-order valence-electron chi connectivity index (χ3n) is 3.16. The lowest BCUT2D eigenvalue weighted by atomic mass is 10.1. The number of rotatable bonds is 6. The summed E-state index contributed by atoms with van der Waals surface area (Å²) >= 11 is 0. The van der Waals surface area contributed by atoms with E-state index >= 15 is 0 Å². The molecule has 1 aliphatic rings. The second-order valence-corrected chi connectivity index (χ2v) is 6.42. The standard InChI is InChI=1S/C10H16N3O9P/c1-19-23(18,20-2)21-4-5-7(15)8(16)9(22-5)13-10(17)12-6(14)3-11-13/h3,5,7-9,15-16H,4H2,1-2H3,(H,12,14,17). The maximum absolute atomic E-state index is 11.8. The molecule has 0 radical (unpaired) electrons. The molecule has 0 amide bonds. The zero-order valence-corrected chi connectivity index (χ0v) is 13.1. The van der Waals surface area contributed by atoms with Gasteiger partial charge in [0.05, 0.1) is 6.61 Å². The number of phosphoric ester groups is 1. The van der Waals surface area contributed by atoms with E-state index in [1.165, 1.54) is 0 Å². The number of nitrogens with one attached hydrogen (secondary N) is 1. The van der Waals surface area contributed by atoms with Crippen LogP contribution in [-0.4, -0.2) is 64.1 Å². The molecule has 2 heterocycles. The van der Waals surface area contributed by atoms with E-state index in [1.807, 2.05) is 4.98 Å². The molecule has 1 aromatic heterocycles. The summed E-state index contributed by atoms with van der Waals surface area (Å²) in [6.45, 7) is -0.439. The number of hydrogen-bond donors (Lipinski definition) is 3. The Hall–Kier alpha value is -1.40. The van der Waals surface area contributed by atoms with Crippen molar-refractivity contribution in [2.75, 3.05) is 20.8 Å². The van der Waals surface area contributed by atoms with Crippen molar-refractivity contribution in [1.82, 2.24) is 14.8 Å². The van der Waals surface area contributed by atoms with Crippen molar-refractivity contribution in [2.45, 2.75) is 24.5 Å². The molecule has 4 atom stereocenters. The molecule has 4 unspecified atom stereocenters. The zero-order valence-electron chi connectivity index (χ0n) is 12.2. The van der Waals surface area contributed by atoms with Gasteiger partial charge in [0.25, 0.3) is 5.56 Å². The Kier molecular flexibility index (Phi) is 5.47.